The standard InChI is InChI=1S/C29H27Cl2IN2O4/c1-18(19-6-10-21(30)11-7-19)34-27(20-8-12-22(31)13-9-20)29(38)33(16-4-2-3-5-26(35)36)25-15-14-23(32)17-24(25)28(34)37/h6-15,17-18,27H,2-5,16H2,1H3,(H,35,36)/t18-,27+/m1/s1. The highest BCUT2D eigenvalue weighted by molar-refractivity contribution is 14.1. The van der Waals surface area contributed by atoms with Crippen LogP contribution < -0.4 is 4.90 Å². The van der Waals surface area contributed by atoms with Crippen molar-refractivity contribution in [2.45, 2.75) is 44.7 Å². The first-order valence-corrected chi connectivity index (χ1v) is 14.2. The van der Waals surface area contributed by atoms with Gasteiger partial charge in [0.15, 0.2) is 0 Å². The van der Waals surface area contributed by atoms with Gasteiger partial charge in [-0.1, -0.05) is 53.9 Å². The molecule has 9 heteroatoms. The summed E-state index contributed by atoms with van der Waals surface area (Å²) in [6, 6.07) is 18.5. The number of carbonyl (C=O) groups excluding carboxylic acids is 2. The lowest BCUT2D eigenvalue weighted by Gasteiger charge is -2.36. The van der Waals surface area contributed by atoms with Crippen molar-refractivity contribution in [3.8, 4) is 0 Å². The molecule has 0 spiro atoms. The minimum Gasteiger partial charge on any atom is -0.481 e. The number of amides is 2. The van der Waals surface area contributed by atoms with E-state index < -0.39 is 18.1 Å². The number of benzene rings is 3. The number of carboxylic acid groups (broad SMARTS) is 1. The number of fused-ring (bicyclic) bond motifs is 1. The van der Waals surface area contributed by atoms with E-state index in [1.165, 1.54) is 0 Å². The zero-order chi connectivity index (χ0) is 27.4. The summed E-state index contributed by atoms with van der Waals surface area (Å²) >= 11 is 14.5. The van der Waals surface area contributed by atoms with Crippen LogP contribution in [-0.4, -0.2) is 34.3 Å². The molecule has 0 fully saturated rings. The fraction of sp³-hybridized carbons (Fsp3) is 0.276. The number of carboxylic acids is 1. The number of hydrogen-bond donors (Lipinski definition) is 1. The number of carbonyl (C=O) groups is 3. The van der Waals surface area contributed by atoms with Gasteiger partial charge in [0.1, 0.15) is 6.04 Å². The van der Waals surface area contributed by atoms with E-state index in [-0.39, 0.29) is 18.2 Å². The van der Waals surface area contributed by atoms with E-state index in [0.29, 0.717) is 52.7 Å². The zero-order valence-electron chi connectivity index (χ0n) is 20.7. The maximum Gasteiger partial charge on any atom is 0.303 e. The molecule has 2 atom stereocenters. The third-order valence-electron chi connectivity index (χ3n) is 6.72. The van der Waals surface area contributed by atoms with Crippen molar-refractivity contribution in [3.05, 3.63) is 97.0 Å². The van der Waals surface area contributed by atoms with Gasteiger partial charge >= 0.3 is 5.97 Å². The van der Waals surface area contributed by atoms with Crippen molar-refractivity contribution in [1.82, 2.24) is 4.90 Å². The Labute approximate surface area is 245 Å². The fourth-order valence-corrected chi connectivity index (χ4v) is 5.50. The Bertz CT molecular complexity index is 1330. The lowest BCUT2D eigenvalue weighted by atomic mass is 9.98. The second-order valence-corrected chi connectivity index (χ2v) is 11.4. The molecular formula is C29H27Cl2IN2O4. The maximum absolute atomic E-state index is 14.4. The topological polar surface area (TPSA) is 77.9 Å². The van der Waals surface area contributed by atoms with Gasteiger partial charge in [-0.3, -0.25) is 14.4 Å². The third kappa shape index (κ3) is 6.33. The van der Waals surface area contributed by atoms with Crippen molar-refractivity contribution in [3.63, 3.8) is 0 Å². The number of rotatable bonds is 9. The maximum atomic E-state index is 14.4. The van der Waals surface area contributed by atoms with E-state index in [4.69, 9.17) is 28.3 Å². The molecule has 1 heterocycles. The second kappa shape index (κ2) is 12.5. The molecule has 1 aliphatic rings. The molecule has 0 saturated carbocycles. The van der Waals surface area contributed by atoms with Crippen molar-refractivity contribution in [2.24, 2.45) is 0 Å². The summed E-state index contributed by atoms with van der Waals surface area (Å²) < 4.78 is 0.882. The van der Waals surface area contributed by atoms with Gasteiger partial charge in [-0.2, -0.15) is 0 Å². The molecule has 0 aliphatic carbocycles. The van der Waals surface area contributed by atoms with Crippen LogP contribution in [0.4, 0.5) is 5.69 Å². The summed E-state index contributed by atoms with van der Waals surface area (Å²) in [5.74, 6) is -1.31. The van der Waals surface area contributed by atoms with Gasteiger partial charge in [-0.05, 0) is 95.9 Å². The average Bonchev–Trinajstić information content (AvgIpc) is 2.97. The van der Waals surface area contributed by atoms with Crippen LogP contribution in [0, 0.1) is 3.57 Å². The van der Waals surface area contributed by atoms with Gasteiger partial charge in [0.25, 0.3) is 11.8 Å². The molecule has 38 heavy (non-hydrogen) atoms. The number of nitrogens with zero attached hydrogens (tertiary/aromatic N) is 2. The third-order valence-corrected chi connectivity index (χ3v) is 7.90. The Morgan fingerprint density at radius 1 is 0.947 bits per heavy atom. The molecule has 0 saturated heterocycles. The van der Waals surface area contributed by atoms with Crippen LogP contribution in [0.1, 0.15) is 66.2 Å². The van der Waals surface area contributed by atoms with Gasteiger partial charge < -0.3 is 14.9 Å². The lowest BCUT2D eigenvalue weighted by molar-refractivity contribution is -0.137. The highest BCUT2D eigenvalue weighted by Crippen LogP contribution is 2.40. The molecule has 0 aromatic heterocycles. The van der Waals surface area contributed by atoms with Crippen LogP contribution in [0.25, 0.3) is 0 Å². The highest BCUT2D eigenvalue weighted by Gasteiger charge is 2.42. The first kappa shape index (κ1) is 28.4. The van der Waals surface area contributed by atoms with Crippen LogP contribution in [0.2, 0.25) is 10.0 Å². The Hall–Kier alpha value is -2.62. The van der Waals surface area contributed by atoms with Gasteiger partial charge in [-0.15, -0.1) is 0 Å². The average molecular weight is 665 g/mol. The second-order valence-electron chi connectivity index (χ2n) is 9.25. The number of anilines is 1. The van der Waals surface area contributed by atoms with E-state index in [0.717, 1.165) is 9.13 Å². The number of halogens is 3. The first-order valence-electron chi connectivity index (χ1n) is 12.3. The summed E-state index contributed by atoms with van der Waals surface area (Å²) in [5, 5.41) is 10.1. The van der Waals surface area contributed by atoms with Crippen LogP contribution in [0.3, 0.4) is 0 Å². The molecule has 3 aromatic rings. The van der Waals surface area contributed by atoms with E-state index >= 15 is 0 Å². The number of unbranched alkanes of at least 4 members (excludes halogenated alkanes) is 2. The van der Waals surface area contributed by atoms with Crippen LogP contribution in [-0.2, 0) is 9.59 Å². The first-order chi connectivity index (χ1) is 18.2. The van der Waals surface area contributed by atoms with Crippen LogP contribution >= 0.6 is 45.8 Å². The molecule has 2 amide bonds. The summed E-state index contributed by atoms with van der Waals surface area (Å²) in [4.78, 5) is 42.9. The molecule has 0 unspecified atom stereocenters. The molecule has 6 nitrogen and oxygen atoms in total. The number of hydrogen-bond acceptors (Lipinski definition) is 3. The molecule has 3 aromatic carbocycles. The summed E-state index contributed by atoms with van der Waals surface area (Å²) in [6.45, 7) is 2.28. The molecule has 0 bridgehead atoms. The smallest absolute Gasteiger partial charge is 0.303 e. The highest BCUT2D eigenvalue weighted by atomic mass is 127. The van der Waals surface area contributed by atoms with Gasteiger partial charge in [0, 0.05) is 26.6 Å². The lowest BCUT2D eigenvalue weighted by Crippen LogP contribution is -2.44. The normalized spacial score (nSPS) is 16.3. The SMILES string of the molecule is C[C@H](c1ccc(Cl)cc1)N1C(=O)c2cc(I)ccc2N(CCCCCC(=O)O)C(=O)[C@@H]1c1ccc(Cl)cc1. The van der Waals surface area contributed by atoms with Gasteiger partial charge in [0.05, 0.1) is 17.3 Å². The van der Waals surface area contributed by atoms with Crippen molar-refractivity contribution >= 4 is 69.3 Å². The van der Waals surface area contributed by atoms with E-state index in [1.807, 2.05) is 37.3 Å². The fourth-order valence-electron chi connectivity index (χ4n) is 4.76. The summed E-state index contributed by atoms with van der Waals surface area (Å²) in [6.07, 6.45) is 1.87. The van der Waals surface area contributed by atoms with E-state index in [2.05, 4.69) is 22.6 Å². The summed E-state index contributed by atoms with van der Waals surface area (Å²) in [7, 11) is 0. The largest absolute Gasteiger partial charge is 0.481 e. The molecule has 1 N–H and O–H groups in total. The van der Waals surface area contributed by atoms with Gasteiger partial charge in [-0.25, -0.2) is 0 Å². The minimum atomic E-state index is -0.894. The molecule has 4 rings (SSSR count). The molecule has 198 valence electrons. The van der Waals surface area contributed by atoms with Crippen LogP contribution in [0.15, 0.2) is 66.7 Å². The molecule has 1 aliphatic heterocycles. The Balaban J connectivity index is 1.81. The molecule has 0 radical (unpaired) electrons. The monoisotopic (exact) mass is 664 g/mol. The Kier molecular flexibility index (Phi) is 9.33. The van der Waals surface area contributed by atoms with Crippen molar-refractivity contribution in [1.29, 1.82) is 0 Å². The Morgan fingerprint density at radius 3 is 2.21 bits per heavy atom. The van der Waals surface area contributed by atoms with E-state index in [1.54, 1.807) is 46.2 Å². The van der Waals surface area contributed by atoms with Gasteiger partial charge in [0.2, 0.25) is 0 Å². The van der Waals surface area contributed by atoms with Crippen LogP contribution in [0.5, 0.6) is 0 Å². The number of aliphatic carboxylic acids is 1. The quantitative estimate of drug-likeness (QED) is 0.189. The summed E-state index contributed by atoms with van der Waals surface area (Å²) in [5.41, 5.74) is 2.52. The Morgan fingerprint density at radius 2 is 1.58 bits per heavy atom. The predicted molar refractivity (Wildman–Crippen MR) is 158 cm³/mol. The predicted octanol–water partition coefficient (Wildman–Crippen LogP) is 7.53. The van der Waals surface area contributed by atoms with Crippen molar-refractivity contribution < 1.29 is 19.5 Å². The molecular weight excluding hydrogens is 638 g/mol. The zero-order valence-corrected chi connectivity index (χ0v) is 24.4. The minimum absolute atomic E-state index is 0.0843. The van der Waals surface area contributed by atoms with E-state index in [9.17, 15) is 14.4 Å². The van der Waals surface area contributed by atoms with Crippen molar-refractivity contribution in [2.75, 3.05) is 11.4 Å².